The molecule has 2 aromatic rings. The molecule has 0 spiro atoms. The van der Waals surface area contributed by atoms with Gasteiger partial charge in [0.15, 0.2) is 0 Å². The van der Waals surface area contributed by atoms with Crippen molar-refractivity contribution in [3.05, 3.63) is 58.9 Å². The maximum absolute atomic E-state index is 13.8. The summed E-state index contributed by atoms with van der Waals surface area (Å²) < 4.78 is 39.4. The van der Waals surface area contributed by atoms with Crippen molar-refractivity contribution in [2.75, 3.05) is 26.4 Å². The molecule has 220 valence electrons. The van der Waals surface area contributed by atoms with E-state index in [0.29, 0.717) is 30.9 Å². The van der Waals surface area contributed by atoms with Crippen LogP contribution in [0.5, 0.6) is 5.75 Å². The van der Waals surface area contributed by atoms with Gasteiger partial charge in [-0.15, -0.1) is 0 Å². The molecular weight excluding hydrogens is 518 g/mol. The lowest BCUT2D eigenvalue weighted by Crippen LogP contribution is -2.41. The molecular formula is C31H42F2N2O5. The number of carbonyl (C=O) groups excluding carboxylic acids is 1. The fraction of sp³-hybridized carbons (Fsp3) is 0.581. The maximum Gasteiger partial charge on any atom is 0.304 e. The molecule has 0 saturated heterocycles. The summed E-state index contributed by atoms with van der Waals surface area (Å²) in [5.41, 5.74) is 3.65. The minimum absolute atomic E-state index is 0.0194. The smallest absolute Gasteiger partial charge is 0.304 e. The van der Waals surface area contributed by atoms with E-state index in [1.165, 1.54) is 0 Å². The van der Waals surface area contributed by atoms with Crippen LogP contribution in [0.15, 0.2) is 36.4 Å². The zero-order valence-electron chi connectivity index (χ0n) is 24.1. The molecule has 0 bridgehead atoms. The van der Waals surface area contributed by atoms with E-state index in [-0.39, 0.29) is 18.4 Å². The van der Waals surface area contributed by atoms with E-state index in [2.05, 4.69) is 20.8 Å². The molecule has 1 amide bonds. The van der Waals surface area contributed by atoms with Gasteiger partial charge in [-0.25, -0.2) is 8.78 Å². The summed E-state index contributed by atoms with van der Waals surface area (Å²) in [6.45, 7) is 8.42. The number of aromatic nitrogens is 1. The zero-order valence-corrected chi connectivity index (χ0v) is 24.1. The number of carboxylic acids is 1. The first kappa shape index (κ1) is 31.5. The highest BCUT2D eigenvalue weighted by molar-refractivity contribution is 5.84. The van der Waals surface area contributed by atoms with Gasteiger partial charge in [-0.05, 0) is 66.5 Å². The highest BCUT2D eigenvalue weighted by atomic mass is 19.3. The van der Waals surface area contributed by atoms with Crippen molar-refractivity contribution in [1.29, 1.82) is 0 Å². The van der Waals surface area contributed by atoms with E-state index in [4.69, 9.17) is 14.5 Å². The van der Waals surface area contributed by atoms with Crippen molar-refractivity contribution in [1.82, 2.24) is 9.88 Å². The second kappa shape index (κ2) is 14.0. The molecule has 1 aliphatic rings. The Hall–Kier alpha value is -3.07. The van der Waals surface area contributed by atoms with Crippen LogP contribution in [0, 0.1) is 11.3 Å². The Morgan fingerprint density at radius 3 is 2.45 bits per heavy atom. The molecule has 1 aromatic carbocycles. The molecule has 1 aliphatic heterocycles. The molecule has 7 nitrogen and oxygen atoms in total. The average Bonchev–Trinajstić information content (AvgIpc) is 2.96. The molecule has 40 heavy (non-hydrogen) atoms. The van der Waals surface area contributed by atoms with Gasteiger partial charge < -0.3 is 19.5 Å². The number of benzene rings is 1. The van der Waals surface area contributed by atoms with Gasteiger partial charge in [0.1, 0.15) is 5.75 Å². The van der Waals surface area contributed by atoms with Gasteiger partial charge in [0.05, 0.1) is 25.5 Å². The fourth-order valence-corrected chi connectivity index (χ4v) is 4.69. The van der Waals surface area contributed by atoms with Gasteiger partial charge in [0, 0.05) is 44.5 Å². The molecule has 0 saturated carbocycles. The zero-order chi connectivity index (χ0) is 29.3. The number of ether oxygens (including phenoxy) is 2. The quantitative estimate of drug-likeness (QED) is 0.298. The van der Waals surface area contributed by atoms with Crippen LogP contribution >= 0.6 is 0 Å². The van der Waals surface area contributed by atoms with Gasteiger partial charge in [-0.3, -0.25) is 14.6 Å². The van der Waals surface area contributed by atoms with E-state index in [0.717, 1.165) is 54.6 Å². The maximum atomic E-state index is 13.8. The summed E-state index contributed by atoms with van der Waals surface area (Å²) >= 11 is 0. The normalized spacial score (nSPS) is 16.0. The van der Waals surface area contributed by atoms with Gasteiger partial charge in [0.2, 0.25) is 5.91 Å². The highest BCUT2D eigenvalue weighted by Gasteiger charge is 2.35. The SMILES string of the molecule is CC(C)(C)CCOCCCc1cccc(CCOc2ccc3c(c2)CN(CC(C)(F)F)C(=O)[C@H](CC(=O)O)C3)n1. The lowest BCUT2D eigenvalue weighted by atomic mass is 9.93. The third kappa shape index (κ3) is 10.8. The van der Waals surface area contributed by atoms with E-state index >= 15 is 0 Å². The van der Waals surface area contributed by atoms with E-state index in [9.17, 15) is 23.5 Å². The number of rotatable bonds is 14. The number of carbonyl (C=O) groups is 2. The number of carboxylic acid groups (broad SMARTS) is 1. The standard InChI is InChI=1S/C31H42F2N2O5/c1-30(2,3)13-16-39-14-6-9-25-7-5-8-26(34-25)12-15-40-27-11-10-22-17-23(19-28(36)37)29(38)35(20-24(22)18-27)21-31(4,32)33/h5,7-8,10-11,18,23H,6,9,12-17,19-21H2,1-4H3,(H,36,37)/t23-/m0/s1. The molecule has 1 N–H and O–H groups in total. The fourth-order valence-electron chi connectivity index (χ4n) is 4.69. The van der Waals surface area contributed by atoms with Crippen LogP contribution in [0.3, 0.4) is 0 Å². The number of alkyl halides is 2. The summed E-state index contributed by atoms with van der Waals surface area (Å²) in [5, 5.41) is 9.24. The van der Waals surface area contributed by atoms with Crippen molar-refractivity contribution in [2.24, 2.45) is 11.3 Å². The molecule has 0 radical (unpaired) electrons. The highest BCUT2D eigenvalue weighted by Crippen LogP contribution is 2.30. The number of amides is 1. The Labute approximate surface area is 235 Å². The number of nitrogens with zero attached hydrogens (tertiary/aromatic N) is 2. The van der Waals surface area contributed by atoms with Crippen molar-refractivity contribution in [3.8, 4) is 5.75 Å². The largest absolute Gasteiger partial charge is 0.493 e. The summed E-state index contributed by atoms with van der Waals surface area (Å²) in [6.07, 6.45) is 3.15. The Morgan fingerprint density at radius 1 is 1.05 bits per heavy atom. The number of halogens is 2. The third-order valence-electron chi connectivity index (χ3n) is 6.77. The Morgan fingerprint density at radius 2 is 1.77 bits per heavy atom. The predicted octanol–water partition coefficient (Wildman–Crippen LogP) is 5.72. The van der Waals surface area contributed by atoms with Crippen LogP contribution < -0.4 is 4.74 Å². The summed E-state index contributed by atoms with van der Waals surface area (Å²) in [6, 6.07) is 11.3. The number of hydrogen-bond donors (Lipinski definition) is 1. The lowest BCUT2D eigenvalue weighted by Gasteiger charge is -2.26. The first-order valence-electron chi connectivity index (χ1n) is 13.9. The molecule has 3 rings (SSSR count). The molecule has 9 heteroatoms. The summed E-state index contributed by atoms with van der Waals surface area (Å²) in [7, 11) is 0. The summed E-state index contributed by atoms with van der Waals surface area (Å²) in [5.74, 6) is -5.11. The lowest BCUT2D eigenvalue weighted by molar-refractivity contribution is -0.147. The first-order chi connectivity index (χ1) is 18.8. The third-order valence-corrected chi connectivity index (χ3v) is 6.77. The van der Waals surface area contributed by atoms with E-state index in [1.54, 1.807) is 18.2 Å². The van der Waals surface area contributed by atoms with Crippen molar-refractivity contribution in [2.45, 2.75) is 78.7 Å². The van der Waals surface area contributed by atoms with Gasteiger partial charge in [-0.1, -0.05) is 32.9 Å². The Kier molecular flexibility index (Phi) is 11.0. The molecule has 1 atom stereocenters. The average molecular weight is 561 g/mol. The van der Waals surface area contributed by atoms with Crippen LogP contribution in [-0.4, -0.2) is 59.2 Å². The van der Waals surface area contributed by atoms with Crippen LogP contribution in [0.4, 0.5) is 8.78 Å². The minimum atomic E-state index is -3.09. The van der Waals surface area contributed by atoms with Crippen LogP contribution in [0.2, 0.25) is 0 Å². The summed E-state index contributed by atoms with van der Waals surface area (Å²) in [4.78, 5) is 30.0. The van der Waals surface area contributed by atoms with Gasteiger partial charge in [0.25, 0.3) is 5.92 Å². The van der Waals surface area contributed by atoms with Gasteiger partial charge in [-0.2, -0.15) is 0 Å². The van der Waals surface area contributed by atoms with Crippen molar-refractivity contribution >= 4 is 11.9 Å². The van der Waals surface area contributed by atoms with Crippen molar-refractivity contribution < 1.29 is 33.0 Å². The predicted molar refractivity (Wildman–Crippen MR) is 149 cm³/mol. The molecule has 0 fully saturated rings. The second-order valence-electron chi connectivity index (χ2n) is 11.9. The van der Waals surface area contributed by atoms with Crippen LogP contribution in [0.25, 0.3) is 0 Å². The Balaban J connectivity index is 1.56. The van der Waals surface area contributed by atoms with E-state index < -0.39 is 36.7 Å². The number of aryl methyl sites for hydroxylation is 1. The molecule has 0 aliphatic carbocycles. The second-order valence-corrected chi connectivity index (χ2v) is 11.9. The number of hydrogen-bond acceptors (Lipinski definition) is 5. The first-order valence-corrected chi connectivity index (χ1v) is 13.9. The van der Waals surface area contributed by atoms with Gasteiger partial charge >= 0.3 is 5.97 Å². The molecule has 2 heterocycles. The van der Waals surface area contributed by atoms with E-state index in [1.807, 2.05) is 18.2 Å². The number of pyridine rings is 1. The molecule has 1 aromatic heterocycles. The monoisotopic (exact) mass is 560 g/mol. The van der Waals surface area contributed by atoms with Crippen LogP contribution in [-0.2, 0) is 40.1 Å². The van der Waals surface area contributed by atoms with Crippen LogP contribution in [0.1, 0.15) is 69.5 Å². The Bertz CT molecular complexity index is 1140. The number of fused-ring (bicyclic) bond motifs is 1. The molecule has 0 unspecified atom stereocenters. The topological polar surface area (TPSA) is 89.0 Å². The number of aliphatic carboxylic acids is 1. The van der Waals surface area contributed by atoms with Crippen molar-refractivity contribution in [3.63, 3.8) is 0 Å². The minimum Gasteiger partial charge on any atom is -0.493 e.